The van der Waals surface area contributed by atoms with Gasteiger partial charge in [-0.3, -0.25) is 0 Å². The van der Waals surface area contributed by atoms with Crippen molar-refractivity contribution >= 4 is 23.7 Å². The Kier molecular flexibility index (Phi) is 4.78. The lowest BCUT2D eigenvalue weighted by molar-refractivity contribution is -0.134. The molecular weight excluding hydrogens is 282 g/mol. The Balaban J connectivity index is 2.62. The summed E-state index contributed by atoms with van der Waals surface area (Å²) in [6.07, 6.45) is 2.82. The van der Waals surface area contributed by atoms with E-state index in [1.165, 1.54) is 13.2 Å². The third-order valence-corrected chi connectivity index (χ3v) is 3.22. The fourth-order valence-corrected chi connectivity index (χ4v) is 2.25. The lowest BCUT2D eigenvalue weighted by Crippen LogP contribution is -2.07. The molecule has 0 saturated carbocycles. The number of esters is 2. The molecule has 22 heavy (non-hydrogen) atoms. The van der Waals surface area contributed by atoms with Crippen molar-refractivity contribution in [2.75, 3.05) is 19.5 Å². The largest absolute Gasteiger partial charge is 0.466 e. The van der Waals surface area contributed by atoms with E-state index >= 15 is 0 Å². The second-order valence-corrected chi connectivity index (χ2v) is 4.52. The van der Waals surface area contributed by atoms with Gasteiger partial charge < -0.3 is 15.2 Å². The summed E-state index contributed by atoms with van der Waals surface area (Å²) in [5.41, 5.74) is 8.77. The third-order valence-electron chi connectivity index (χ3n) is 3.22. The van der Waals surface area contributed by atoms with Crippen LogP contribution in [0.5, 0.6) is 0 Å². The number of ether oxygens (including phenoxy) is 2. The maximum absolute atomic E-state index is 12.2. The van der Waals surface area contributed by atoms with Crippen LogP contribution >= 0.6 is 0 Å². The van der Waals surface area contributed by atoms with Gasteiger partial charge in [0.25, 0.3) is 0 Å². The van der Waals surface area contributed by atoms with Crippen molar-refractivity contribution < 1.29 is 19.1 Å². The van der Waals surface area contributed by atoms with Crippen molar-refractivity contribution in [3.8, 4) is 11.1 Å². The van der Waals surface area contributed by atoms with Crippen molar-refractivity contribution in [3.05, 3.63) is 47.5 Å². The first kappa shape index (κ1) is 15.6. The molecule has 0 aromatic carbocycles. The van der Waals surface area contributed by atoms with E-state index in [1.807, 2.05) is 24.3 Å². The molecule has 0 saturated heterocycles. The summed E-state index contributed by atoms with van der Waals surface area (Å²) >= 11 is 0. The molecule has 0 aromatic rings. The Bertz CT molecular complexity index is 706. The predicted octanol–water partition coefficient (Wildman–Crippen LogP) is 2.74. The average Bonchev–Trinajstić information content (AvgIpc) is 2.66. The number of methoxy groups -OCH3 is 1. The van der Waals surface area contributed by atoms with E-state index in [4.69, 9.17) is 10.5 Å². The van der Waals surface area contributed by atoms with Gasteiger partial charge in [0, 0.05) is 11.6 Å². The minimum atomic E-state index is -0.494. The van der Waals surface area contributed by atoms with Crippen molar-refractivity contribution in [1.82, 2.24) is 0 Å². The zero-order valence-electron chi connectivity index (χ0n) is 12.5. The van der Waals surface area contributed by atoms with Gasteiger partial charge >= 0.3 is 11.9 Å². The highest BCUT2D eigenvalue weighted by molar-refractivity contribution is 6.09. The molecule has 0 spiro atoms. The van der Waals surface area contributed by atoms with Crippen LogP contribution in [0.15, 0.2) is 36.4 Å². The van der Waals surface area contributed by atoms with Gasteiger partial charge in [-0.25, -0.2) is 9.59 Å². The minimum Gasteiger partial charge on any atom is -0.466 e. The van der Waals surface area contributed by atoms with Crippen LogP contribution in [0.1, 0.15) is 22.8 Å². The molecule has 0 radical (unpaired) electrons. The summed E-state index contributed by atoms with van der Waals surface area (Å²) in [7, 11) is 1.29. The fraction of sp³-hybridized carbons (Fsp3) is 0.176. The highest BCUT2D eigenvalue weighted by Crippen LogP contribution is 2.39. The predicted molar refractivity (Wildman–Crippen MR) is 84.5 cm³/mol. The molecule has 2 rings (SSSR count). The number of anilines is 1. The van der Waals surface area contributed by atoms with Crippen molar-refractivity contribution in [3.63, 3.8) is 0 Å². The van der Waals surface area contributed by atoms with Crippen LogP contribution in [-0.4, -0.2) is 25.7 Å². The van der Waals surface area contributed by atoms with Crippen molar-refractivity contribution in [2.24, 2.45) is 0 Å². The molecule has 5 nitrogen and oxygen atoms in total. The van der Waals surface area contributed by atoms with Crippen LogP contribution in [-0.2, 0) is 14.3 Å². The maximum atomic E-state index is 12.2. The van der Waals surface area contributed by atoms with Gasteiger partial charge in [-0.05, 0) is 24.1 Å². The van der Waals surface area contributed by atoms with Crippen molar-refractivity contribution in [1.29, 1.82) is 0 Å². The number of hydrogen-bond acceptors (Lipinski definition) is 5. The highest BCUT2D eigenvalue weighted by atomic mass is 16.5. The number of carbonyl (C=O) groups excluding carboxylic acids is 2. The molecule has 0 bridgehead atoms. The van der Waals surface area contributed by atoms with Crippen LogP contribution < -0.4 is 5.73 Å². The van der Waals surface area contributed by atoms with Gasteiger partial charge in [0.2, 0.25) is 0 Å². The van der Waals surface area contributed by atoms with E-state index in [-0.39, 0.29) is 6.61 Å². The topological polar surface area (TPSA) is 78.6 Å². The van der Waals surface area contributed by atoms with E-state index in [2.05, 4.69) is 4.74 Å². The Morgan fingerprint density at radius 3 is 2.50 bits per heavy atom. The summed E-state index contributed by atoms with van der Waals surface area (Å²) in [5.74, 6) is -0.972. The van der Waals surface area contributed by atoms with Crippen LogP contribution in [0.3, 0.4) is 0 Å². The molecule has 0 aromatic heterocycles. The number of rotatable bonds is 4. The third kappa shape index (κ3) is 2.93. The SMILES string of the molecule is CCOC(=O)c1c2cccccc-2c(/C=C/C(=O)OC)c1N. The normalized spacial score (nSPS) is 10.8. The van der Waals surface area contributed by atoms with Gasteiger partial charge in [-0.15, -0.1) is 0 Å². The summed E-state index contributed by atoms with van der Waals surface area (Å²) in [6.45, 7) is 1.99. The lowest BCUT2D eigenvalue weighted by atomic mass is 10.1. The molecule has 2 aliphatic rings. The first-order valence-corrected chi connectivity index (χ1v) is 6.83. The van der Waals surface area contributed by atoms with Crippen LogP contribution in [0.4, 0.5) is 5.69 Å². The number of hydrogen-bond donors (Lipinski definition) is 1. The monoisotopic (exact) mass is 299 g/mol. The smallest absolute Gasteiger partial charge is 0.340 e. The molecule has 0 fully saturated rings. The summed E-state index contributed by atoms with van der Waals surface area (Å²) in [6, 6.07) is 9.14. The minimum absolute atomic E-state index is 0.261. The second-order valence-electron chi connectivity index (χ2n) is 4.52. The zero-order valence-corrected chi connectivity index (χ0v) is 12.5. The van der Waals surface area contributed by atoms with E-state index in [0.29, 0.717) is 22.4 Å². The van der Waals surface area contributed by atoms with Gasteiger partial charge in [0.15, 0.2) is 0 Å². The van der Waals surface area contributed by atoms with Gasteiger partial charge in [0.05, 0.1) is 25.0 Å². The quantitative estimate of drug-likeness (QED) is 0.693. The van der Waals surface area contributed by atoms with E-state index in [1.54, 1.807) is 19.1 Å². The second kappa shape index (κ2) is 6.76. The molecule has 114 valence electrons. The Morgan fingerprint density at radius 1 is 1.18 bits per heavy atom. The molecule has 2 aliphatic carbocycles. The Labute approximate surface area is 128 Å². The summed E-state index contributed by atoms with van der Waals surface area (Å²) < 4.78 is 9.65. The van der Waals surface area contributed by atoms with Gasteiger partial charge in [0.1, 0.15) is 0 Å². The zero-order chi connectivity index (χ0) is 16.1. The van der Waals surface area contributed by atoms with E-state index < -0.39 is 11.9 Å². The van der Waals surface area contributed by atoms with Crippen LogP contribution in [0.2, 0.25) is 0 Å². The average molecular weight is 299 g/mol. The fourth-order valence-electron chi connectivity index (χ4n) is 2.25. The van der Waals surface area contributed by atoms with Crippen LogP contribution in [0.25, 0.3) is 17.2 Å². The molecule has 5 heteroatoms. The first-order chi connectivity index (χ1) is 10.6. The highest BCUT2D eigenvalue weighted by Gasteiger charge is 2.25. The van der Waals surface area contributed by atoms with Gasteiger partial charge in [-0.2, -0.15) is 0 Å². The molecular formula is C17H17NO4. The Morgan fingerprint density at radius 2 is 1.86 bits per heavy atom. The maximum Gasteiger partial charge on any atom is 0.340 e. The lowest BCUT2D eigenvalue weighted by Gasteiger charge is -2.02. The standard InChI is InChI=1S/C17H17NO4/c1-3-22-17(20)15-12-8-6-4-5-7-11(12)13(16(15)18)9-10-14(19)21-2/h4-10H,3,18H2,1-2H3/b10-9+. The number of carbonyl (C=O) groups is 2. The van der Waals surface area contributed by atoms with Gasteiger partial charge in [-0.1, -0.05) is 30.3 Å². The van der Waals surface area contributed by atoms with Crippen LogP contribution in [0, 0.1) is 0 Å². The first-order valence-electron chi connectivity index (χ1n) is 6.83. The number of nitrogens with two attached hydrogens (primary N) is 1. The van der Waals surface area contributed by atoms with E-state index in [9.17, 15) is 9.59 Å². The molecule has 2 N–H and O–H groups in total. The Hall–Kier alpha value is -2.82. The number of fused-ring (bicyclic) bond motifs is 1. The summed E-state index contributed by atoms with van der Waals surface area (Å²) in [4.78, 5) is 23.5. The van der Waals surface area contributed by atoms with E-state index in [0.717, 1.165) is 5.56 Å². The summed E-state index contributed by atoms with van der Waals surface area (Å²) in [5, 5.41) is 0. The van der Waals surface area contributed by atoms with Crippen molar-refractivity contribution in [2.45, 2.75) is 6.92 Å². The molecule has 0 aliphatic heterocycles. The number of nitrogen functional groups attached to an aromatic ring is 1. The molecule has 0 atom stereocenters. The molecule has 0 unspecified atom stereocenters. The molecule has 0 amide bonds. The molecule has 0 heterocycles.